The lowest BCUT2D eigenvalue weighted by Gasteiger charge is -2.22. The minimum atomic E-state index is -0.173. The molecule has 0 radical (unpaired) electrons. The van der Waals surface area contributed by atoms with Crippen molar-refractivity contribution in [1.82, 2.24) is 19.9 Å². The second kappa shape index (κ2) is 10.6. The van der Waals surface area contributed by atoms with Gasteiger partial charge in [-0.15, -0.1) is 0 Å². The number of rotatable bonds is 8. The molecule has 0 bridgehead atoms. The van der Waals surface area contributed by atoms with Crippen molar-refractivity contribution in [3.05, 3.63) is 66.0 Å². The number of carbonyl (C=O) groups is 1. The van der Waals surface area contributed by atoms with Crippen molar-refractivity contribution in [2.45, 2.75) is 52.5 Å². The van der Waals surface area contributed by atoms with Crippen LogP contribution in [0, 0.1) is 12.8 Å². The number of nitrogens with zero attached hydrogens (tertiary/aromatic N) is 3. The average molecular weight is 448 g/mol. The summed E-state index contributed by atoms with van der Waals surface area (Å²) in [5.41, 5.74) is 2.82. The molecule has 1 aromatic carbocycles. The Kier molecular flexibility index (Phi) is 7.40. The Labute approximate surface area is 195 Å². The highest BCUT2D eigenvalue weighted by atomic mass is 16.5. The van der Waals surface area contributed by atoms with Crippen LogP contribution in [0.5, 0.6) is 11.5 Å². The van der Waals surface area contributed by atoms with E-state index >= 15 is 0 Å². The van der Waals surface area contributed by atoms with Gasteiger partial charge >= 0.3 is 0 Å². The maximum Gasteiger partial charge on any atom is 0.229 e. The topological polar surface area (TPSA) is 81.1 Å². The zero-order valence-corrected chi connectivity index (χ0v) is 19.7. The SMILES string of the molecule is CCc1nccn1C[C@@H](C)C(=O)Nc1ccc(Oc2cc(C)nc(C3CCNCC3)c2)cc1. The van der Waals surface area contributed by atoms with Crippen molar-refractivity contribution >= 4 is 11.6 Å². The summed E-state index contributed by atoms with van der Waals surface area (Å²) < 4.78 is 8.15. The van der Waals surface area contributed by atoms with Crippen LogP contribution >= 0.6 is 0 Å². The first-order valence-corrected chi connectivity index (χ1v) is 11.8. The third kappa shape index (κ3) is 5.99. The van der Waals surface area contributed by atoms with Crippen molar-refractivity contribution in [1.29, 1.82) is 0 Å². The number of aryl methyl sites for hydroxylation is 2. The third-order valence-corrected chi connectivity index (χ3v) is 6.10. The Bertz CT molecular complexity index is 1070. The second-order valence-electron chi connectivity index (χ2n) is 8.76. The van der Waals surface area contributed by atoms with E-state index in [0.717, 1.165) is 66.8 Å². The summed E-state index contributed by atoms with van der Waals surface area (Å²) >= 11 is 0. The number of anilines is 1. The fourth-order valence-corrected chi connectivity index (χ4v) is 4.25. The van der Waals surface area contributed by atoms with Crippen LogP contribution in [-0.2, 0) is 17.8 Å². The van der Waals surface area contributed by atoms with E-state index in [-0.39, 0.29) is 11.8 Å². The molecular weight excluding hydrogens is 414 g/mol. The van der Waals surface area contributed by atoms with Crippen LogP contribution in [-0.4, -0.2) is 33.5 Å². The molecule has 1 saturated heterocycles. The standard InChI is InChI=1S/C26H33N5O2/c1-4-25-28-13-14-31(25)17-18(2)26(32)30-21-5-7-22(8-6-21)33-23-15-19(3)29-24(16-23)20-9-11-27-12-10-20/h5-8,13-16,18,20,27H,4,9-12,17H2,1-3H3,(H,30,32)/t18-/m1/s1. The van der Waals surface area contributed by atoms with Gasteiger partial charge in [-0.1, -0.05) is 13.8 Å². The molecule has 0 unspecified atom stereocenters. The summed E-state index contributed by atoms with van der Waals surface area (Å²) in [5.74, 6) is 2.81. The van der Waals surface area contributed by atoms with Crippen LogP contribution in [0.25, 0.3) is 0 Å². The summed E-state index contributed by atoms with van der Waals surface area (Å²) in [4.78, 5) is 21.7. The van der Waals surface area contributed by atoms with Crippen LogP contribution in [0.4, 0.5) is 5.69 Å². The van der Waals surface area contributed by atoms with E-state index in [1.807, 2.05) is 54.9 Å². The van der Waals surface area contributed by atoms with Gasteiger partial charge in [0.25, 0.3) is 0 Å². The van der Waals surface area contributed by atoms with Gasteiger partial charge in [-0.3, -0.25) is 9.78 Å². The molecular formula is C26H33N5O2. The fourth-order valence-electron chi connectivity index (χ4n) is 4.25. The van der Waals surface area contributed by atoms with Gasteiger partial charge in [-0.2, -0.15) is 0 Å². The fraction of sp³-hybridized carbons (Fsp3) is 0.423. The molecule has 1 amide bonds. The maximum absolute atomic E-state index is 12.7. The molecule has 0 aliphatic carbocycles. The van der Waals surface area contributed by atoms with Gasteiger partial charge in [0, 0.05) is 60.5 Å². The van der Waals surface area contributed by atoms with Crippen LogP contribution in [0.3, 0.4) is 0 Å². The zero-order valence-electron chi connectivity index (χ0n) is 19.7. The number of aromatic nitrogens is 3. The molecule has 1 aliphatic rings. The van der Waals surface area contributed by atoms with Crippen molar-refractivity contribution in [3.63, 3.8) is 0 Å². The minimum Gasteiger partial charge on any atom is -0.457 e. The van der Waals surface area contributed by atoms with Crippen molar-refractivity contribution < 1.29 is 9.53 Å². The second-order valence-corrected chi connectivity index (χ2v) is 8.76. The first-order chi connectivity index (χ1) is 16.0. The van der Waals surface area contributed by atoms with Gasteiger partial charge in [0.15, 0.2) is 0 Å². The number of hydrogen-bond donors (Lipinski definition) is 2. The lowest BCUT2D eigenvalue weighted by Crippen LogP contribution is -2.27. The molecule has 7 nitrogen and oxygen atoms in total. The molecule has 4 rings (SSSR count). The number of amides is 1. The van der Waals surface area contributed by atoms with E-state index in [9.17, 15) is 4.79 Å². The Morgan fingerprint density at radius 2 is 1.97 bits per heavy atom. The van der Waals surface area contributed by atoms with Crippen LogP contribution in [0.15, 0.2) is 48.8 Å². The summed E-state index contributed by atoms with van der Waals surface area (Å²) in [6, 6.07) is 11.5. The lowest BCUT2D eigenvalue weighted by molar-refractivity contribution is -0.119. The minimum absolute atomic E-state index is 0.0178. The molecule has 3 heterocycles. The Morgan fingerprint density at radius 3 is 2.70 bits per heavy atom. The number of imidazole rings is 1. The number of nitrogens with one attached hydrogen (secondary N) is 2. The van der Waals surface area contributed by atoms with Crippen LogP contribution in [0.2, 0.25) is 0 Å². The number of benzene rings is 1. The van der Waals surface area contributed by atoms with Gasteiger partial charge in [0.05, 0.1) is 5.92 Å². The van der Waals surface area contributed by atoms with E-state index < -0.39 is 0 Å². The molecule has 7 heteroatoms. The largest absolute Gasteiger partial charge is 0.457 e. The van der Waals surface area contributed by atoms with Gasteiger partial charge in [0.2, 0.25) is 5.91 Å². The van der Waals surface area contributed by atoms with Crippen LogP contribution in [0.1, 0.15) is 49.8 Å². The number of piperidine rings is 1. The first kappa shape index (κ1) is 23.0. The average Bonchev–Trinajstić information content (AvgIpc) is 3.27. The highest BCUT2D eigenvalue weighted by Gasteiger charge is 2.18. The monoisotopic (exact) mass is 447 g/mol. The first-order valence-electron chi connectivity index (χ1n) is 11.8. The zero-order chi connectivity index (χ0) is 23.2. The normalized spacial score (nSPS) is 15.2. The maximum atomic E-state index is 12.7. The Balaban J connectivity index is 1.36. The van der Waals surface area contributed by atoms with E-state index in [1.165, 1.54) is 0 Å². The molecule has 174 valence electrons. The molecule has 2 aromatic heterocycles. The number of ether oxygens (including phenoxy) is 1. The molecule has 1 atom stereocenters. The van der Waals surface area contributed by atoms with Crippen molar-refractivity contribution in [2.24, 2.45) is 5.92 Å². The molecule has 1 aliphatic heterocycles. The summed E-state index contributed by atoms with van der Waals surface area (Å²) in [7, 11) is 0. The van der Waals surface area contributed by atoms with Crippen molar-refractivity contribution in [3.8, 4) is 11.5 Å². The Hall–Kier alpha value is -3.19. The summed E-state index contributed by atoms with van der Waals surface area (Å²) in [5, 5.41) is 6.40. The smallest absolute Gasteiger partial charge is 0.229 e. The highest BCUT2D eigenvalue weighted by Crippen LogP contribution is 2.30. The summed E-state index contributed by atoms with van der Waals surface area (Å²) in [6.45, 7) is 8.67. The molecule has 1 fully saturated rings. The van der Waals surface area contributed by atoms with Gasteiger partial charge < -0.3 is 19.9 Å². The molecule has 2 N–H and O–H groups in total. The number of pyridine rings is 1. The highest BCUT2D eigenvalue weighted by molar-refractivity contribution is 5.92. The lowest BCUT2D eigenvalue weighted by atomic mass is 9.94. The third-order valence-electron chi connectivity index (χ3n) is 6.10. The van der Waals surface area contributed by atoms with E-state index in [1.54, 1.807) is 6.20 Å². The quantitative estimate of drug-likeness (QED) is 0.524. The van der Waals surface area contributed by atoms with E-state index in [0.29, 0.717) is 12.5 Å². The summed E-state index contributed by atoms with van der Waals surface area (Å²) in [6.07, 6.45) is 6.75. The molecule has 33 heavy (non-hydrogen) atoms. The predicted molar refractivity (Wildman–Crippen MR) is 130 cm³/mol. The van der Waals surface area contributed by atoms with E-state index in [4.69, 9.17) is 9.72 Å². The number of carbonyl (C=O) groups excluding carboxylic acids is 1. The predicted octanol–water partition coefficient (Wildman–Crippen LogP) is 4.68. The van der Waals surface area contributed by atoms with Gasteiger partial charge in [-0.05, 0) is 57.1 Å². The molecule has 0 saturated carbocycles. The van der Waals surface area contributed by atoms with Gasteiger partial charge in [0.1, 0.15) is 17.3 Å². The molecule has 3 aromatic rings. The van der Waals surface area contributed by atoms with E-state index in [2.05, 4.69) is 28.6 Å². The van der Waals surface area contributed by atoms with Crippen LogP contribution < -0.4 is 15.4 Å². The molecule has 0 spiro atoms. The van der Waals surface area contributed by atoms with Gasteiger partial charge in [-0.25, -0.2) is 4.98 Å². The number of hydrogen-bond acceptors (Lipinski definition) is 5. The Morgan fingerprint density at radius 1 is 1.21 bits per heavy atom. The van der Waals surface area contributed by atoms with Crippen molar-refractivity contribution in [2.75, 3.05) is 18.4 Å².